The van der Waals surface area contributed by atoms with Crippen LogP contribution in [0.1, 0.15) is 18.3 Å². The molecular weight excluding hydrogens is 359 g/mol. The van der Waals surface area contributed by atoms with E-state index in [1.165, 1.54) is 19.2 Å². The third-order valence-electron chi connectivity index (χ3n) is 4.19. The number of nitrogens with zero attached hydrogens (tertiary/aromatic N) is 2. The summed E-state index contributed by atoms with van der Waals surface area (Å²) in [6, 6.07) is 11.3. The van der Waals surface area contributed by atoms with Crippen LogP contribution in [0.15, 0.2) is 48.7 Å². The van der Waals surface area contributed by atoms with Gasteiger partial charge < -0.3 is 9.47 Å². The van der Waals surface area contributed by atoms with Gasteiger partial charge in [0.25, 0.3) is 0 Å². The SMILES string of the molecule is COC(=O)C[C@@H]1Oc2ccc(Cl)cc2-n2cc(-c3ccc(F)cc3)nc21. The zero-order chi connectivity index (χ0) is 18.3. The van der Waals surface area contributed by atoms with E-state index in [9.17, 15) is 9.18 Å². The average molecular weight is 373 g/mol. The molecule has 4 rings (SSSR count). The molecule has 0 bridgehead atoms. The second kappa shape index (κ2) is 6.46. The van der Waals surface area contributed by atoms with Crippen LogP contribution >= 0.6 is 11.6 Å². The zero-order valence-corrected chi connectivity index (χ0v) is 14.5. The number of rotatable bonds is 3. The standard InChI is InChI=1S/C19H14ClFN2O3/c1-25-18(24)9-17-19-22-14(11-2-5-13(21)6-3-11)10-23(19)15-8-12(20)4-7-16(15)26-17/h2-8,10,17H,9H2,1H3/t17-/m0/s1. The number of halogens is 2. The van der Waals surface area contributed by atoms with Crippen molar-refractivity contribution in [3.63, 3.8) is 0 Å². The molecule has 0 fully saturated rings. The molecule has 0 N–H and O–H groups in total. The van der Waals surface area contributed by atoms with E-state index in [-0.39, 0.29) is 12.2 Å². The third kappa shape index (κ3) is 2.93. The molecule has 1 aliphatic heterocycles. The minimum atomic E-state index is -0.592. The number of imidazole rings is 1. The monoisotopic (exact) mass is 372 g/mol. The van der Waals surface area contributed by atoms with Gasteiger partial charge in [-0.25, -0.2) is 9.37 Å². The predicted molar refractivity (Wildman–Crippen MR) is 94.0 cm³/mol. The Balaban J connectivity index is 1.83. The van der Waals surface area contributed by atoms with E-state index in [1.54, 1.807) is 30.3 Å². The van der Waals surface area contributed by atoms with Crippen LogP contribution in [-0.2, 0) is 9.53 Å². The summed E-state index contributed by atoms with van der Waals surface area (Å²) in [5.41, 5.74) is 2.13. The van der Waals surface area contributed by atoms with Crippen molar-refractivity contribution in [2.75, 3.05) is 7.11 Å². The first-order chi connectivity index (χ1) is 12.5. The third-order valence-corrected chi connectivity index (χ3v) is 4.43. The second-order valence-electron chi connectivity index (χ2n) is 5.86. The molecule has 0 aliphatic carbocycles. The summed E-state index contributed by atoms with van der Waals surface area (Å²) < 4.78 is 25.8. The lowest BCUT2D eigenvalue weighted by atomic mass is 10.1. The van der Waals surface area contributed by atoms with E-state index in [0.717, 1.165) is 11.3 Å². The van der Waals surface area contributed by atoms with Crippen LogP contribution < -0.4 is 4.74 Å². The number of esters is 1. The van der Waals surface area contributed by atoms with Crippen LogP contribution in [0, 0.1) is 5.82 Å². The summed E-state index contributed by atoms with van der Waals surface area (Å²) >= 11 is 6.12. The number of hydrogen-bond donors (Lipinski definition) is 0. The summed E-state index contributed by atoms with van der Waals surface area (Å²) in [6.07, 6.45) is 1.26. The molecule has 0 spiro atoms. The quantitative estimate of drug-likeness (QED) is 0.642. The number of methoxy groups -OCH3 is 1. The van der Waals surface area contributed by atoms with E-state index >= 15 is 0 Å². The molecule has 7 heteroatoms. The first kappa shape index (κ1) is 16.6. The van der Waals surface area contributed by atoms with Crippen molar-refractivity contribution < 1.29 is 18.7 Å². The van der Waals surface area contributed by atoms with Gasteiger partial charge in [-0.1, -0.05) is 11.6 Å². The Bertz CT molecular complexity index is 985. The molecule has 0 unspecified atom stereocenters. The van der Waals surface area contributed by atoms with Gasteiger partial charge in [0.05, 0.1) is 24.9 Å². The largest absolute Gasteiger partial charge is 0.480 e. The lowest BCUT2D eigenvalue weighted by molar-refractivity contribution is -0.142. The van der Waals surface area contributed by atoms with Crippen molar-refractivity contribution >= 4 is 17.6 Å². The van der Waals surface area contributed by atoms with Gasteiger partial charge >= 0.3 is 5.97 Å². The highest BCUT2D eigenvalue weighted by molar-refractivity contribution is 6.30. The fourth-order valence-corrected chi connectivity index (χ4v) is 3.09. The lowest BCUT2D eigenvalue weighted by Gasteiger charge is -2.26. The van der Waals surface area contributed by atoms with Gasteiger partial charge in [-0.2, -0.15) is 0 Å². The highest BCUT2D eigenvalue weighted by Crippen LogP contribution is 2.39. The van der Waals surface area contributed by atoms with Gasteiger partial charge in [0.1, 0.15) is 11.6 Å². The Kier molecular flexibility index (Phi) is 4.12. The number of carbonyl (C=O) groups excluding carboxylic acids is 1. The second-order valence-corrected chi connectivity index (χ2v) is 6.30. The molecule has 3 aromatic rings. The van der Waals surface area contributed by atoms with Gasteiger partial charge in [-0.05, 0) is 42.5 Å². The number of carbonyl (C=O) groups is 1. The molecular formula is C19H14ClFN2O3. The normalized spacial score (nSPS) is 15.0. The Labute approximate surface area is 153 Å². The van der Waals surface area contributed by atoms with Gasteiger partial charge in [-0.3, -0.25) is 9.36 Å². The first-order valence-electron chi connectivity index (χ1n) is 7.94. The molecule has 1 atom stereocenters. The van der Waals surface area contributed by atoms with Crippen LogP contribution in [0.4, 0.5) is 4.39 Å². The van der Waals surface area contributed by atoms with Crippen molar-refractivity contribution in [2.45, 2.75) is 12.5 Å². The van der Waals surface area contributed by atoms with E-state index in [0.29, 0.717) is 22.3 Å². The highest BCUT2D eigenvalue weighted by Gasteiger charge is 2.31. The topological polar surface area (TPSA) is 53.4 Å². The van der Waals surface area contributed by atoms with Crippen molar-refractivity contribution in [3.8, 4) is 22.7 Å². The molecule has 1 aromatic heterocycles. The maximum Gasteiger partial charge on any atom is 0.309 e. The van der Waals surface area contributed by atoms with E-state index in [2.05, 4.69) is 4.98 Å². The fourth-order valence-electron chi connectivity index (χ4n) is 2.93. The minimum Gasteiger partial charge on any atom is -0.480 e. The molecule has 2 heterocycles. The Morgan fingerprint density at radius 3 is 2.81 bits per heavy atom. The lowest BCUT2D eigenvalue weighted by Crippen LogP contribution is -2.22. The van der Waals surface area contributed by atoms with E-state index in [1.807, 2.05) is 10.8 Å². The zero-order valence-electron chi connectivity index (χ0n) is 13.8. The molecule has 132 valence electrons. The molecule has 0 saturated carbocycles. The molecule has 0 radical (unpaired) electrons. The van der Waals surface area contributed by atoms with E-state index in [4.69, 9.17) is 21.1 Å². The number of ether oxygens (including phenoxy) is 2. The van der Waals surface area contributed by atoms with Gasteiger partial charge in [0, 0.05) is 16.8 Å². The summed E-state index contributed by atoms with van der Waals surface area (Å²) in [5.74, 6) is 0.440. The van der Waals surface area contributed by atoms with Crippen LogP contribution in [-0.4, -0.2) is 22.6 Å². The Hall–Kier alpha value is -2.86. The highest BCUT2D eigenvalue weighted by atomic mass is 35.5. The fraction of sp³-hybridized carbons (Fsp3) is 0.158. The molecule has 0 saturated heterocycles. The van der Waals surface area contributed by atoms with Crippen LogP contribution in [0.2, 0.25) is 5.02 Å². The van der Waals surface area contributed by atoms with Crippen molar-refractivity contribution in [3.05, 3.63) is 65.3 Å². The average Bonchev–Trinajstić information content (AvgIpc) is 3.08. The number of hydrogen-bond acceptors (Lipinski definition) is 4. The molecule has 2 aromatic carbocycles. The minimum absolute atomic E-state index is 0.0262. The summed E-state index contributed by atoms with van der Waals surface area (Å²) in [5, 5.41) is 0.557. The van der Waals surface area contributed by atoms with Gasteiger partial charge in [0.15, 0.2) is 11.9 Å². The van der Waals surface area contributed by atoms with Crippen molar-refractivity contribution in [2.24, 2.45) is 0 Å². The summed E-state index contributed by atoms with van der Waals surface area (Å²) in [7, 11) is 1.33. The Morgan fingerprint density at radius 1 is 1.31 bits per heavy atom. The van der Waals surface area contributed by atoms with Gasteiger partial charge in [-0.15, -0.1) is 0 Å². The summed E-state index contributed by atoms with van der Waals surface area (Å²) in [4.78, 5) is 16.4. The van der Waals surface area contributed by atoms with Crippen LogP contribution in [0.25, 0.3) is 16.9 Å². The van der Waals surface area contributed by atoms with E-state index < -0.39 is 12.1 Å². The number of benzene rings is 2. The smallest absolute Gasteiger partial charge is 0.309 e. The van der Waals surface area contributed by atoms with Crippen LogP contribution in [0.3, 0.4) is 0 Å². The molecule has 5 nitrogen and oxygen atoms in total. The summed E-state index contributed by atoms with van der Waals surface area (Å²) in [6.45, 7) is 0. The molecule has 1 aliphatic rings. The van der Waals surface area contributed by atoms with Crippen molar-refractivity contribution in [1.82, 2.24) is 9.55 Å². The maximum atomic E-state index is 13.2. The predicted octanol–water partition coefficient (Wildman–Crippen LogP) is 4.33. The van der Waals surface area contributed by atoms with Crippen molar-refractivity contribution in [1.29, 1.82) is 0 Å². The maximum absolute atomic E-state index is 13.2. The molecule has 0 amide bonds. The Morgan fingerprint density at radius 2 is 2.08 bits per heavy atom. The molecule has 26 heavy (non-hydrogen) atoms. The number of fused-ring (bicyclic) bond motifs is 3. The number of aromatic nitrogens is 2. The van der Waals surface area contributed by atoms with Gasteiger partial charge in [0.2, 0.25) is 0 Å². The van der Waals surface area contributed by atoms with Crippen LogP contribution in [0.5, 0.6) is 5.75 Å². The first-order valence-corrected chi connectivity index (χ1v) is 8.31.